The van der Waals surface area contributed by atoms with Crippen molar-refractivity contribution in [3.05, 3.63) is 41.9 Å². The Morgan fingerprint density at radius 3 is 2.13 bits per heavy atom. The van der Waals surface area contributed by atoms with Gasteiger partial charge in [0.15, 0.2) is 5.82 Å². The van der Waals surface area contributed by atoms with Crippen LogP contribution in [0.15, 0.2) is 33.3 Å². The van der Waals surface area contributed by atoms with Crippen LogP contribution in [0.5, 0.6) is 5.75 Å². The van der Waals surface area contributed by atoms with Crippen LogP contribution in [0, 0.1) is 0 Å². The van der Waals surface area contributed by atoms with Gasteiger partial charge in [0.05, 0.1) is 26.7 Å². The maximum atomic E-state index is 5.50. The Kier molecular flexibility index (Phi) is 9.00. The minimum Gasteiger partial charge on any atom is -0.497 e. The van der Waals surface area contributed by atoms with Crippen molar-refractivity contribution in [1.29, 1.82) is 0 Å². The molecule has 0 saturated carbocycles. The van der Waals surface area contributed by atoms with Gasteiger partial charge in [-0.3, -0.25) is 9.80 Å². The molecule has 0 amide bonds. The van der Waals surface area contributed by atoms with Crippen molar-refractivity contribution in [3.8, 4) is 17.1 Å². The van der Waals surface area contributed by atoms with Crippen molar-refractivity contribution in [3.63, 3.8) is 0 Å². The standard InChI is InChI=1S/C18H23N7O3.2ClH/c1-26-14-4-2-13(3-5-14)18-21-17(28-23-18)12-25-8-6-24(7-9-25)11-15-20-16(10-19)27-22-15;;/h2-5H,6-12,19H2,1H3;2*1H. The van der Waals surface area contributed by atoms with E-state index in [9.17, 15) is 0 Å². The minimum atomic E-state index is 0. The van der Waals surface area contributed by atoms with Gasteiger partial charge in [0.2, 0.25) is 17.6 Å². The number of aromatic nitrogens is 4. The largest absolute Gasteiger partial charge is 0.497 e. The first-order chi connectivity index (χ1) is 13.7. The molecule has 1 fully saturated rings. The number of nitrogens with zero attached hydrogens (tertiary/aromatic N) is 6. The molecule has 0 aliphatic carbocycles. The molecular formula is C18H25Cl2N7O3. The van der Waals surface area contributed by atoms with Crippen LogP contribution in [0.1, 0.15) is 17.6 Å². The van der Waals surface area contributed by atoms with Gasteiger partial charge < -0.3 is 19.5 Å². The molecular weight excluding hydrogens is 433 g/mol. The molecule has 2 aromatic heterocycles. The lowest BCUT2D eigenvalue weighted by Gasteiger charge is -2.33. The molecule has 0 radical (unpaired) electrons. The summed E-state index contributed by atoms with van der Waals surface area (Å²) in [5.41, 5.74) is 6.40. The van der Waals surface area contributed by atoms with E-state index in [0.29, 0.717) is 36.5 Å². The van der Waals surface area contributed by atoms with Crippen molar-refractivity contribution in [2.24, 2.45) is 5.73 Å². The number of hydrogen-bond donors (Lipinski definition) is 1. The molecule has 3 aromatic rings. The number of nitrogens with two attached hydrogens (primary N) is 1. The first kappa shape index (κ1) is 24.0. The van der Waals surface area contributed by atoms with E-state index in [0.717, 1.165) is 37.5 Å². The summed E-state index contributed by atoms with van der Waals surface area (Å²) in [4.78, 5) is 13.3. The monoisotopic (exact) mass is 457 g/mol. The molecule has 30 heavy (non-hydrogen) atoms. The molecule has 164 valence electrons. The second-order valence-electron chi connectivity index (χ2n) is 6.60. The summed E-state index contributed by atoms with van der Waals surface area (Å²) >= 11 is 0. The maximum Gasteiger partial charge on any atom is 0.241 e. The number of methoxy groups -OCH3 is 1. The Bertz CT molecular complexity index is 895. The van der Waals surface area contributed by atoms with Gasteiger partial charge in [-0.05, 0) is 24.3 Å². The third kappa shape index (κ3) is 5.89. The minimum absolute atomic E-state index is 0. The molecule has 4 rings (SSSR count). The van der Waals surface area contributed by atoms with Gasteiger partial charge in [-0.2, -0.15) is 9.97 Å². The van der Waals surface area contributed by atoms with Crippen LogP contribution >= 0.6 is 24.8 Å². The molecule has 2 N–H and O–H groups in total. The van der Waals surface area contributed by atoms with Gasteiger partial charge in [-0.25, -0.2) is 0 Å². The van der Waals surface area contributed by atoms with Crippen molar-refractivity contribution >= 4 is 24.8 Å². The second kappa shape index (κ2) is 11.2. The van der Waals surface area contributed by atoms with Crippen LogP contribution in [0.3, 0.4) is 0 Å². The third-order valence-corrected chi connectivity index (χ3v) is 4.69. The lowest BCUT2D eigenvalue weighted by Crippen LogP contribution is -2.45. The fraction of sp³-hybridized carbons (Fsp3) is 0.444. The quantitative estimate of drug-likeness (QED) is 0.561. The van der Waals surface area contributed by atoms with Crippen LogP contribution in [0.25, 0.3) is 11.4 Å². The molecule has 1 aliphatic heterocycles. The zero-order valence-electron chi connectivity index (χ0n) is 16.6. The molecule has 1 aromatic carbocycles. The summed E-state index contributed by atoms with van der Waals surface area (Å²) < 4.78 is 15.6. The Labute approximate surface area is 186 Å². The normalized spacial score (nSPS) is 14.7. The highest BCUT2D eigenvalue weighted by Crippen LogP contribution is 2.20. The van der Waals surface area contributed by atoms with Crippen LogP contribution in [0.2, 0.25) is 0 Å². The Balaban J connectivity index is 0.00000160. The fourth-order valence-electron chi connectivity index (χ4n) is 3.11. The lowest BCUT2D eigenvalue weighted by atomic mass is 10.2. The van der Waals surface area contributed by atoms with Crippen LogP contribution in [0.4, 0.5) is 0 Å². The summed E-state index contributed by atoms with van der Waals surface area (Å²) in [5, 5.41) is 8.04. The SMILES string of the molecule is COc1ccc(-c2noc(CN3CCN(Cc4noc(CN)n4)CC3)n2)cc1.Cl.Cl. The molecule has 3 heterocycles. The molecule has 0 spiro atoms. The first-order valence-corrected chi connectivity index (χ1v) is 9.17. The molecule has 10 nitrogen and oxygen atoms in total. The van der Waals surface area contributed by atoms with E-state index >= 15 is 0 Å². The number of halogens is 2. The average molecular weight is 458 g/mol. The van der Waals surface area contributed by atoms with Crippen molar-refractivity contribution in [2.75, 3.05) is 33.3 Å². The Morgan fingerprint density at radius 2 is 1.53 bits per heavy atom. The number of benzene rings is 1. The van der Waals surface area contributed by atoms with Crippen molar-refractivity contribution in [2.45, 2.75) is 19.6 Å². The fourth-order valence-corrected chi connectivity index (χ4v) is 3.11. The molecule has 1 saturated heterocycles. The highest BCUT2D eigenvalue weighted by atomic mass is 35.5. The molecule has 0 unspecified atom stereocenters. The summed E-state index contributed by atoms with van der Waals surface area (Å²) in [6.45, 7) is 5.20. The van der Waals surface area contributed by atoms with E-state index in [1.807, 2.05) is 24.3 Å². The summed E-state index contributed by atoms with van der Waals surface area (Å²) in [6.07, 6.45) is 0. The Hall–Kier alpha value is -2.24. The van der Waals surface area contributed by atoms with E-state index in [2.05, 4.69) is 30.1 Å². The predicted molar refractivity (Wildman–Crippen MR) is 114 cm³/mol. The molecule has 0 bridgehead atoms. The van der Waals surface area contributed by atoms with E-state index in [4.69, 9.17) is 19.5 Å². The second-order valence-corrected chi connectivity index (χ2v) is 6.60. The maximum absolute atomic E-state index is 5.50. The number of ether oxygens (including phenoxy) is 1. The van der Waals surface area contributed by atoms with E-state index < -0.39 is 0 Å². The number of hydrogen-bond acceptors (Lipinski definition) is 10. The van der Waals surface area contributed by atoms with Crippen LogP contribution in [-0.2, 0) is 19.6 Å². The van der Waals surface area contributed by atoms with Gasteiger partial charge in [0, 0.05) is 31.7 Å². The van der Waals surface area contributed by atoms with Crippen molar-refractivity contribution in [1.82, 2.24) is 30.1 Å². The summed E-state index contributed by atoms with van der Waals surface area (Å²) in [7, 11) is 1.64. The zero-order chi connectivity index (χ0) is 19.3. The third-order valence-electron chi connectivity index (χ3n) is 4.69. The highest BCUT2D eigenvalue weighted by molar-refractivity contribution is 5.85. The topological polar surface area (TPSA) is 120 Å². The predicted octanol–water partition coefficient (Wildman–Crippen LogP) is 1.75. The van der Waals surface area contributed by atoms with E-state index in [1.54, 1.807) is 7.11 Å². The van der Waals surface area contributed by atoms with Gasteiger partial charge in [-0.15, -0.1) is 24.8 Å². The van der Waals surface area contributed by atoms with E-state index in [-0.39, 0.29) is 31.4 Å². The molecule has 0 atom stereocenters. The van der Waals surface area contributed by atoms with Crippen LogP contribution < -0.4 is 10.5 Å². The Morgan fingerprint density at radius 1 is 0.900 bits per heavy atom. The van der Waals surface area contributed by atoms with Gasteiger partial charge in [-0.1, -0.05) is 10.3 Å². The number of piperazine rings is 1. The van der Waals surface area contributed by atoms with Gasteiger partial charge in [0.25, 0.3) is 0 Å². The summed E-state index contributed by atoms with van der Waals surface area (Å²) in [6, 6.07) is 7.59. The first-order valence-electron chi connectivity index (χ1n) is 9.17. The van der Waals surface area contributed by atoms with Crippen molar-refractivity contribution < 1.29 is 13.8 Å². The van der Waals surface area contributed by atoms with E-state index in [1.165, 1.54) is 0 Å². The van der Waals surface area contributed by atoms with Gasteiger partial charge in [0.1, 0.15) is 5.75 Å². The average Bonchev–Trinajstić information content (AvgIpc) is 3.39. The zero-order valence-corrected chi connectivity index (χ0v) is 18.2. The van der Waals surface area contributed by atoms with Gasteiger partial charge >= 0.3 is 0 Å². The summed E-state index contributed by atoms with van der Waals surface area (Å²) in [5.74, 6) is 3.15. The smallest absolute Gasteiger partial charge is 0.241 e. The lowest BCUT2D eigenvalue weighted by molar-refractivity contribution is 0.109. The number of rotatable bonds is 7. The molecule has 12 heteroatoms. The molecule has 1 aliphatic rings. The van der Waals surface area contributed by atoms with Crippen LogP contribution in [-0.4, -0.2) is 63.4 Å². The highest BCUT2D eigenvalue weighted by Gasteiger charge is 2.21.